The molecule has 0 aliphatic rings. The molecule has 8 heteroatoms. The normalized spacial score (nSPS) is 10.5. The van der Waals surface area contributed by atoms with E-state index in [2.05, 4.69) is 10.3 Å². The van der Waals surface area contributed by atoms with E-state index in [4.69, 9.17) is 11.6 Å². The van der Waals surface area contributed by atoms with Gasteiger partial charge in [0.25, 0.3) is 0 Å². The van der Waals surface area contributed by atoms with Crippen molar-refractivity contribution in [1.82, 2.24) is 10.3 Å². The highest BCUT2D eigenvalue weighted by Gasteiger charge is 2.13. The molecular formula is C14H11ClFN2O3S-. The van der Waals surface area contributed by atoms with Crippen LogP contribution in [0, 0.1) is 12.7 Å². The molecule has 0 fully saturated rings. The highest BCUT2D eigenvalue weighted by molar-refractivity contribution is 7.13. The summed E-state index contributed by atoms with van der Waals surface area (Å²) in [5, 5.41) is 13.9. The second-order valence-electron chi connectivity index (χ2n) is 4.46. The third-order valence-corrected chi connectivity index (χ3v) is 4.35. The van der Waals surface area contributed by atoms with Crippen LogP contribution in [0.4, 0.5) is 4.39 Å². The molecule has 0 unspecified atom stereocenters. The number of halogens is 2. The van der Waals surface area contributed by atoms with Gasteiger partial charge >= 0.3 is 0 Å². The topological polar surface area (TPSA) is 82.1 Å². The van der Waals surface area contributed by atoms with E-state index >= 15 is 0 Å². The van der Waals surface area contributed by atoms with Crippen LogP contribution < -0.4 is 10.4 Å². The molecule has 1 aromatic heterocycles. The Hall–Kier alpha value is -1.99. The number of hydrogen-bond donors (Lipinski definition) is 1. The average molecular weight is 342 g/mol. The summed E-state index contributed by atoms with van der Waals surface area (Å²) in [7, 11) is 0. The summed E-state index contributed by atoms with van der Waals surface area (Å²) in [5.41, 5.74) is 0.508. The second-order valence-corrected chi connectivity index (χ2v) is 5.95. The van der Waals surface area contributed by atoms with Crippen LogP contribution in [0.1, 0.15) is 25.9 Å². The molecule has 0 aliphatic carbocycles. The third kappa shape index (κ3) is 3.80. The Morgan fingerprint density at radius 1 is 1.45 bits per heavy atom. The molecule has 0 spiro atoms. The van der Waals surface area contributed by atoms with Gasteiger partial charge in [0.05, 0.1) is 23.0 Å². The van der Waals surface area contributed by atoms with Gasteiger partial charge in [-0.3, -0.25) is 4.79 Å². The van der Waals surface area contributed by atoms with Gasteiger partial charge in [-0.15, -0.1) is 11.3 Å². The Bertz CT molecular complexity index is 713. The molecule has 2 aromatic rings. The van der Waals surface area contributed by atoms with E-state index in [1.54, 1.807) is 0 Å². The van der Waals surface area contributed by atoms with Crippen LogP contribution >= 0.6 is 22.9 Å². The van der Waals surface area contributed by atoms with Gasteiger partial charge in [0.2, 0.25) is 5.91 Å². The van der Waals surface area contributed by atoms with E-state index in [0.29, 0.717) is 10.7 Å². The Morgan fingerprint density at radius 3 is 2.77 bits per heavy atom. The summed E-state index contributed by atoms with van der Waals surface area (Å²) in [6, 6.07) is 4.26. The molecule has 22 heavy (non-hydrogen) atoms. The fourth-order valence-electron chi connectivity index (χ4n) is 1.81. The van der Waals surface area contributed by atoms with Crippen molar-refractivity contribution in [2.24, 2.45) is 0 Å². The number of aromatic carboxylic acids is 1. The number of carboxylic acid groups (broad SMARTS) is 1. The van der Waals surface area contributed by atoms with E-state index in [1.165, 1.54) is 25.1 Å². The Kier molecular flexibility index (Phi) is 5.10. The van der Waals surface area contributed by atoms with E-state index in [-0.39, 0.29) is 28.4 Å². The molecule has 0 saturated heterocycles. The lowest BCUT2D eigenvalue weighted by Crippen LogP contribution is -2.25. The molecule has 2 rings (SSSR count). The van der Waals surface area contributed by atoms with Crippen molar-refractivity contribution in [1.29, 1.82) is 0 Å². The molecule has 116 valence electrons. The summed E-state index contributed by atoms with van der Waals surface area (Å²) < 4.78 is 13.6. The first-order valence-corrected chi connectivity index (χ1v) is 7.45. The first-order chi connectivity index (χ1) is 10.4. The van der Waals surface area contributed by atoms with Gasteiger partial charge < -0.3 is 15.2 Å². The first-order valence-electron chi connectivity index (χ1n) is 6.25. The smallest absolute Gasteiger partial charge is 0.227 e. The number of nitrogens with one attached hydrogen (secondary N) is 1. The van der Waals surface area contributed by atoms with E-state index in [9.17, 15) is 19.1 Å². The van der Waals surface area contributed by atoms with E-state index in [0.717, 1.165) is 11.3 Å². The molecular weight excluding hydrogens is 331 g/mol. The predicted octanol–water partition coefficient (Wildman–Crippen LogP) is 1.47. The molecule has 1 amide bonds. The highest BCUT2D eigenvalue weighted by atomic mass is 35.5. The first kappa shape index (κ1) is 16.4. The maximum absolute atomic E-state index is 13.6. The zero-order valence-corrected chi connectivity index (χ0v) is 13.1. The maximum atomic E-state index is 13.6. The summed E-state index contributed by atoms with van der Waals surface area (Å²) >= 11 is 6.75. The summed E-state index contributed by atoms with van der Waals surface area (Å²) in [4.78, 5) is 26.6. The molecule has 1 heterocycles. The summed E-state index contributed by atoms with van der Waals surface area (Å²) in [5.74, 6) is -2.23. The molecule has 1 N–H and O–H groups in total. The average Bonchev–Trinajstić information content (AvgIpc) is 2.79. The molecule has 0 radical (unpaired) electrons. The lowest BCUT2D eigenvalue weighted by Gasteiger charge is -2.07. The largest absolute Gasteiger partial charge is 0.544 e. The zero-order valence-electron chi connectivity index (χ0n) is 11.5. The van der Waals surface area contributed by atoms with Gasteiger partial charge in [0, 0.05) is 17.1 Å². The van der Waals surface area contributed by atoms with Crippen molar-refractivity contribution < 1.29 is 19.1 Å². The molecule has 0 atom stereocenters. The number of hydrogen-bond acceptors (Lipinski definition) is 5. The van der Waals surface area contributed by atoms with Crippen molar-refractivity contribution in [2.45, 2.75) is 19.9 Å². The van der Waals surface area contributed by atoms with E-state index in [1.807, 2.05) is 0 Å². The number of thiazole rings is 1. The minimum absolute atomic E-state index is 0.0000479. The molecule has 1 aromatic carbocycles. The molecule has 0 saturated carbocycles. The number of rotatable bonds is 5. The van der Waals surface area contributed by atoms with Crippen LogP contribution in [0.25, 0.3) is 0 Å². The van der Waals surface area contributed by atoms with Gasteiger partial charge in [-0.05, 0) is 19.1 Å². The van der Waals surface area contributed by atoms with Gasteiger partial charge in [0.15, 0.2) is 0 Å². The fraction of sp³-hybridized carbons (Fsp3) is 0.214. The molecule has 0 aliphatic heterocycles. The Balaban J connectivity index is 1.99. The number of benzene rings is 1. The van der Waals surface area contributed by atoms with Crippen molar-refractivity contribution in [2.75, 3.05) is 0 Å². The lowest BCUT2D eigenvalue weighted by atomic mass is 10.2. The number of carbonyl (C=O) groups is 2. The summed E-state index contributed by atoms with van der Waals surface area (Å²) in [6.07, 6.45) is -0.0924. The predicted molar refractivity (Wildman–Crippen MR) is 78.1 cm³/mol. The van der Waals surface area contributed by atoms with Crippen LogP contribution in [0.15, 0.2) is 18.2 Å². The second kappa shape index (κ2) is 6.85. The number of nitrogens with zero attached hydrogens (tertiary/aromatic N) is 1. The number of carboxylic acids is 1. The van der Waals surface area contributed by atoms with Gasteiger partial charge in [-0.1, -0.05) is 17.7 Å². The number of amides is 1. The zero-order chi connectivity index (χ0) is 16.3. The quantitative estimate of drug-likeness (QED) is 0.892. The van der Waals surface area contributed by atoms with Crippen LogP contribution in [0.3, 0.4) is 0 Å². The Morgan fingerprint density at radius 2 is 2.18 bits per heavy atom. The van der Waals surface area contributed by atoms with Crippen molar-refractivity contribution >= 4 is 34.8 Å². The van der Waals surface area contributed by atoms with Crippen LogP contribution in [0.5, 0.6) is 0 Å². The minimum atomic E-state index is -1.32. The SMILES string of the molecule is Cc1nc(CC(=O)NCc2c(F)cccc2Cl)sc1C(=O)[O-]. The third-order valence-electron chi connectivity index (χ3n) is 2.86. The summed E-state index contributed by atoms with van der Waals surface area (Å²) in [6.45, 7) is 1.48. The minimum Gasteiger partial charge on any atom is -0.544 e. The number of carbonyl (C=O) groups excluding carboxylic acids is 2. The van der Waals surface area contributed by atoms with E-state index < -0.39 is 17.7 Å². The maximum Gasteiger partial charge on any atom is 0.227 e. The number of aromatic nitrogens is 1. The molecule has 0 bridgehead atoms. The van der Waals surface area contributed by atoms with Crippen molar-refractivity contribution in [3.8, 4) is 0 Å². The standard InChI is InChI=1S/C14H12ClFN2O3S/c1-7-13(14(20)21)22-12(18-7)5-11(19)17-6-8-9(15)3-2-4-10(8)16/h2-4H,5-6H2,1H3,(H,17,19)(H,20,21)/p-1. The highest BCUT2D eigenvalue weighted by Crippen LogP contribution is 2.19. The van der Waals surface area contributed by atoms with Crippen molar-refractivity contribution in [3.05, 3.63) is 50.2 Å². The van der Waals surface area contributed by atoms with Crippen LogP contribution in [-0.2, 0) is 17.8 Å². The van der Waals surface area contributed by atoms with Crippen LogP contribution in [0.2, 0.25) is 5.02 Å². The van der Waals surface area contributed by atoms with Gasteiger partial charge in [-0.25, -0.2) is 9.37 Å². The number of aryl methyl sites for hydroxylation is 1. The van der Waals surface area contributed by atoms with Crippen LogP contribution in [-0.4, -0.2) is 16.9 Å². The van der Waals surface area contributed by atoms with Crippen molar-refractivity contribution in [3.63, 3.8) is 0 Å². The lowest BCUT2D eigenvalue weighted by molar-refractivity contribution is -0.254. The fourth-order valence-corrected chi connectivity index (χ4v) is 2.93. The monoisotopic (exact) mass is 341 g/mol. The molecule has 5 nitrogen and oxygen atoms in total. The van der Waals surface area contributed by atoms with Gasteiger partial charge in [-0.2, -0.15) is 0 Å². The van der Waals surface area contributed by atoms with Gasteiger partial charge in [0.1, 0.15) is 10.8 Å². The Labute approximate surface area is 134 Å².